The van der Waals surface area contributed by atoms with Gasteiger partial charge in [-0.2, -0.15) is 0 Å². The predicted molar refractivity (Wildman–Crippen MR) is 65.5 cm³/mol. The first-order chi connectivity index (χ1) is 8.24. The highest BCUT2D eigenvalue weighted by molar-refractivity contribution is 5.75. The van der Waals surface area contributed by atoms with Crippen molar-refractivity contribution in [1.29, 1.82) is 0 Å². The highest BCUT2D eigenvalue weighted by atomic mass is 16.5. The van der Waals surface area contributed by atoms with Crippen LogP contribution in [0.2, 0.25) is 0 Å². The molecule has 0 aliphatic heterocycles. The van der Waals surface area contributed by atoms with E-state index in [1.807, 2.05) is 37.3 Å². The number of hydrogen-bond donors (Lipinski definition) is 2. The zero-order valence-electron chi connectivity index (χ0n) is 10.1. The lowest BCUT2D eigenvalue weighted by Gasteiger charge is -2.12. The number of amides is 1. The van der Waals surface area contributed by atoms with Gasteiger partial charge in [-0.1, -0.05) is 30.3 Å². The monoisotopic (exact) mass is 237 g/mol. The molecule has 17 heavy (non-hydrogen) atoms. The van der Waals surface area contributed by atoms with Crippen molar-refractivity contribution in [1.82, 2.24) is 5.32 Å². The van der Waals surface area contributed by atoms with Crippen molar-refractivity contribution in [3.05, 3.63) is 35.9 Å². The van der Waals surface area contributed by atoms with Crippen LogP contribution in [-0.2, 0) is 9.53 Å². The molecule has 0 fully saturated rings. The summed E-state index contributed by atoms with van der Waals surface area (Å²) in [4.78, 5) is 11.4. The second-order valence-electron chi connectivity index (χ2n) is 3.68. The second-order valence-corrected chi connectivity index (χ2v) is 3.68. The van der Waals surface area contributed by atoms with Crippen molar-refractivity contribution >= 4 is 5.91 Å². The van der Waals surface area contributed by atoms with Gasteiger partial charge in [-0.25, -0.2) is 0 Å². The minimum absolute atomic E-state index is 0.103. The fraction of sp³-hybridized carbons (Fsp3) is 0.462. The Bertz CT molecular complexity index is 327. The summed E-state index contributed by atoms with van der Waals surface area (Å²) in [5, 5.41) is 12.5. The number of carbonyl (C=O) groups excluding carboxylic acids is 1. The van der Waals surface area contributed by atoms with E-state index in [4.69, 9.17) is 4.74 Å². The van der Waals surface area contributed by atoms with E-state index in [9.17, 15) is 9.90 Å². The van der Waals surface area contributed by atoms with Crippen molar-refractivity contribution in [3.63, 3.8) is 0 Å². The molecule has 1 aromatic rings. The molecule has 0 aliphatic rings. The van der Waals surface area contributed by atoms with Gasteiger partial charge in [-0.05, 0) is 12.5 Å². The molecule has 1 aromatic carbocycles. The molecule has 1 unspecified atom stereocenters. The largest absolute Gasteiger partial charge is 0.387 e. The summed E-state index contributed by atoms with van der Waals surface area (Å²) in [6.07, 6.45) is -0.331. The lowest BCUT2D eigenvalue weighted by molar-refractivity contribution is -0.122. The molecule has 0 aromatic heterocycles. The Labute approximate surface area is 102 Å². The number of ether oxygens (including phenoxy) is 1. The number of nitrogens with one attached hydrogen (secondary N) is 1. The molecule has 0 bridgehead atoms. The van der Waals surface area contributed by atoms with Crippen LogP contribution in [0, 0.1) is 0 Å². The topological polar surface area (TPSA) is 58.6 Å². The van der Waals surface area contributed by atoms with E-state index in [1.165, 1.54) is 0 Å². The number of rotatable bonds is 7. The fourth-order valence-electron chi connectivity index (χ4n) is 1.40. The molecule has 0 radical (unpaired) electrons. The molecule has 0 spiro atoms. The van der Waals surface area contributed by atoms with Gasteiger partial charge in [-0.3, -0.25) is 4.79 Å². The van der Waals surface area contributed by atoms with Gasteiger partial charge in [0.25, 0.3) is 0 Å². The van der Waals surface area contributed by atoms with Gasteiger partial charge in [0.15, 0.2) is 0 Å². The Morgan fingerprint density at radius 3 is 2.76 bits per heavy atom. The summed E-state index contributed by atoms with van der Waals surface area (Å²) in [5.74, 6) is -0.103. The van der Waals surface area contributed by atoms with E-state index in [0.717, 1.165) is 5.56 Å². The maximum Gasteiger partial charge on any atom is 0.222 e. The average Bonchev–Trinajstić information content (AvgIpc) is 2.37. The van der Waals surface area contributed by atoms with Crippen LogP contribution in [0.5, 0.6) is 0 Å². The number of hydrogen-bond acceptors (Lipinski definition) is 3. The lowest BCUT2D eigenvalue weighted by Crippen LogP contribution is -2.29. The standard InChI is InChI=1S/C13H19NO3/c1-2-17-9-8-13(16)14-10-12(15)11-6-4-3-5-7-11/h3-7,12,15H,2,8-10H2,1H3,(H,14,16). The van der Waals surface area contributed by atoms with Crippen LogP contribution >= 0.6 is 0 Å². The van der Waals surface area contributed by atoms with Gasteiger partial charge >= 0.3 is 0 Å². The number of aliphatic hydroxyl groups excluding tert-OH is 1. The number of carbonyl (C=O) groups is 1. The first-order valence-corrected chi connectivity index (χ1v) is 5.81. The molecule has 1 amide bonds. The summed E-state index contributed by atoms with van der Waals surface area (Å²) in [5.41, 5.74) is 0.803. The summed E-state index contributed by atoms with van der Waals surface area (Å²) in [6, 6.07) is 9.26. The van der Waals surface area contributed by atoms with Crippen LogP contribution in [0.15, 0.2) is 30.3 Å². The second kappa shape index (κ2) is 7.81. The molecule has 1 atom stereocenters. The van der Waals surface area contributed by atoms with Crippen molar-refractivity contribution in [2.75, 3.05) is 19.8 Å². The van der Waals surface area contributed by atoms with E-state index in [1.54, 1.807) is 0 Å². The summed E-state index contributed by atoms with van der Waals surface area (Å²) in [7, 11) is 0. The van der Waals surface area contributed by atoms with Crippen molar-refractivity contribution in [2.45, 2.75) is 19.4 Å². The molecule has 4 heteroatoms. The quantitative estimate of drug-likeness (QED) is 0.702. The zero-order chi connectivity index (χ0) is 12.5. The van der Waals surface area contributed by atoms with Crippen molar-refractivity contribution in [3.8, 4) is 0 Å². The van der Waals surface area contributed by atoms with Gasteiger partial charge in [0.2, 0.25) is 5.91 Å². The third-order valence-electron chi connectivity index (χ3n) is 2.35. The maximum atomic E-state index is 11.4. The average molecular weight is 237 g/mol. The highest BCUT2D eigenvalue weighted by Gasteiger charge is 2.08. The molecule has 94 valence electrons. The Hall–Kier alpha value is -1.39. The smallest absolute Gasteiger partial charge is 0.222 e. The lowest BCUT2D eigenvalue weighted by atomic mass is 10.1. The van der Waals surface area contributed by atoms with Crippen LogP contribution in [-0.4, -0.2) is 30.8 Å². The molecule has 2 N–H and O–H groups in total. The molecular formula is C13H19NO3. The van der Waals surface area contributed by atoms with E-state index in [2.05, 4.69) is 5.32 Å². The van der Waals surface area contributed by atoms with E-state index in [-0.39, 0.29) is 12.5 Å². The first-order valence-electron chi connectivity index (χ1n) is 5.81. The first kappa shape index (κ1) is 13.7. The normalized spacial score (nSPS) is 12.1. The van der Waals surface area contributed by atoms with Gasteiger partial charge < -0.3 is 15.2 Å². The summed E-state index contributed by atoms with van der Waals surface area (Å²) < 4.78 is 5.07. The molecule has 1 rings (SSSR count). The Morgan fingerprint density at radius 2 is 2.12 bits per heavy atom. The van der Waals surface area contributed by atoms with Crippen LogP contribution in [0.3, 0.4) is 0 Å². The van der Waals surface area contributed by atoms with E-state index < -0.39 is 6.10 Å². The Morgan fingerprint density at radius 1 is 1.41 bits per heavy atom. The number of aliphatic hydroxyl groups is 1. The summed E-state index contributed by atoms with van der Waals surface area (Å²) >= 11 is 0. The maximum absolute atomic E-state index is 11.4. The van der Waals surface area contributed by atoms with Crippen LogP contribution in [0.4, 0.5) is 0 Å². The van der Waals surface area contributed by atoms with Gasteiger partial charge in [-0.15, -0.1) is 0 Å². The molecule has 0 saturated carbocycles. The summed E-state index contributed by atoms with van der Waals surface area (Å²) in [6.45, 7) is 3.15. The fourth-order valence-corrected chi connectivity index (χ4v) is 1.40. The van der Waals surface area contributed by atoms with Crippen molar-refractivity contribution in [2.24, 2.45) is 0 Å². The number of benzene rings is 1. The van der Waals surface area contributed by atoms with Crippen LogP contribution in [0.25, 0.3) is 0 Å². The van der Waals surface area contributed by atoms with Crippen LogP contribution < -0.4 is 5.32 Å². The highest BCUT2D eigenvalue weighted by Crippen LogP contribution is 2.10. The third kappa shape index (κ3) is 5.47. The van der Waals surface area contributed by atoms with Crippen LogP contribution in [0.1, 0.15) is 25.0 Å². The van der Waals surface area contributed by atoms with Gasteiger partial charge in [0.05, 0.1) is 12.7 Å². The molecule has 0 heterocycles. The third-order valence-corrected chi connectivity index (χ3v) is 2.35. The molecular weight excluding hydrogens is 218 g/mol. The Balaban J connectivity index is 2.24. The molecule has 0 aliphatic carbocycles. The minimum atomic E-state index is -0.660. The van der Waals surface area contributed by atoms with Crippen molar-refractivity contribution < 1.29 is 14.6 Å². The molecule has 4 nitrogen and oxygen atoms in total. The Kier molecular flexibility index (Phi) is 6.29. The predicted octanol–water partition coefficient (Wildman–Crippen LogP) is 1.26. The zero-order valence-corrected chi connectivity index (χ0v) is 10.1. The minimum Gasteiger partial charge on any atom is -0.387 e. The van der Waals surface area contributed by atoms with E-state index >= 15 is 0 Å². The molecule has 0 saturated heterocycles. The van der Waals surface area contributed by atoms with Gasteiger partial charge in [0.1, 0.15) is 0 Å². The van der Waals surface area contributed by atoms with E-state index in [0.29, 0.717) is 19.6 Å². The van der Waals surface area contributed by atoms with Gasteiger partial charge in [0, 0.05) is 19.6 Å². The SMILES string of the molecule is CCOCCC(=O)NCC(O)c1ccccc1.